The van der Waals surface area contributed by atoms with Crippen molar-refractivity contribution < 1.29 is 0 Å². The monoisotopic (exact) mass is 167 g/mol. The van der Waals surface area contributed by atoms with Gasteiger partial charge in [-0.15, -0.1) is 0 Å². The van der Waals surface area contributed by atoms with Crippen molar-refractivity contribution in [3.63, 3.8) is 0 Å². The molecule has 0 N–H and O–H groups in total. The highest BCUT2D eigenvalue weighted by Gasteiger charge is 2.13. The molecule has 0 heterocycles. The second kappa shape index (κ2) is 5.61. The molecule has 0 nitrogen and oxygen atoms in total. The molecule has 0 bridgehead atoms. The van der Waals surface area contributed by atoms with E-state index in [-0.39, 0.29) is 0 Å². The molecule has 1 aliphatic rings. The van der Waals surface area contributed by atoms with Crippen LogP contribution in [0.5, 0.6) is 0 Å². The normalized spacial score (nSPS) is 23.2. The van der Waals surface area contributed by atoms with Gasteiger partial charge in [-0.1, -0.05) is 65.2 Å². The smallest absolute Gasteiger partial charge is 0.0388 e. The van der Waals surface area contributed by atoms with Gasteiger partial charge in [-0.2, -0.15) is 0 Å². The van der Waals surface area contributed by atoms with Gasteiger partial charge in [-0.25, -0.2) is 0 Å². The molecule has 0 aromatic rings. The molecule has 12 heavy (non-hydrogen) atoms. The second-order valence-corrected chi connectivity index (χ2v) is 4.44. The highest BCUT2D eigenvalue weighted by atomic mass is 14.2. The Morgan fingerprint density at radius 1 is 0.917 bits per heavy atom. The van der Waals surface area contributed by atoms with Crippen molar-refractivity contribution >= 4 is 0 Å². The molecule has 1 radical (unpaired) electrons. The van der Waals surface area contributed by atoms with Crippen LogP contribution in [0, 0.1) is 18.8 Å². The third-order valence-corrected chi connectivity index (χ3v) is 3.20. The van der Waals surface area contributed by atoms with E-state index in [2.05, 4.69) is 13.8 Å². The molecule has 1 atom stereocenters. The largest absolute Gasteiger partial charge is 0.0622 e. The van der Waals surface area contributed by atoms with E-state index in [1.807, 2.05) is 0 Å². The highest BCUT2D eigenvalue weighted by Crippen LogP contribution is 2.26. The molecule has 1 rings (SSSR count). The quantitative estimate of drug-likeness (QED) is 0.549. The first kappa shape index (κ1) is 10.1. The lowest BCUT2D eigenvalue weighted by molar-refractivity contribution is 0.348. The molecule has 0 amide bonds. The van der Waals surface area contributed by atoms with Crippen LogP contribution in [0.25, 0.3) is 0 Å². The summed E-state index contributed by atoms with van der Waals surface area (Å²) in [5, 5.41) is 0. The van der Waals surface area contributed by atoms with Crippen LogP contribution in [-0.4, -0.2) is 0 Å². The summed E-state index contributed by atoms with van der Waals surface area (Å²) in [5.74, 6) is 1.59. The second-order valence-electron chi connectivity index (χ2n) is 4.44. The summed E-state index contributed by atoms with van der Waals surface area (Å²) in [7, 11) is 0. The summed E-state index contributed by atoms with van der Waals surface area (Å²) < 4.78 is 0. The minimum atomic E-state index is 0.670. The maximum absolute atomic E-state index is 4.17. The van der Waals surface area contributed by atoms with Gasteiger partial charge in [-0.3, -0.25) is 0 Å². The van der Waals surface area contributed by atoms with Gasteiger partial charge < -0.3 is 0 Å². The Hall–Kier alpha value is 0. The molecular formula is C12H23. The van der Waals surface area contributed by atoms with Crippen LogP contribution in [0.1, 0.15) is 58.3 Å². The molecule has 0 spiro atoms. The first-order valence-corrected chi connectivity index (χ1v) is 5.64. The third-order valence-electron chi connectivity index (χ3n) is 3.20. The fourth-order valence-electron chi connectivity index (χ4n) is 2.23. The topological polar surface area (TPSA) is 0 Å². The van der Waals surface area contributed by atoms with Crippen molar-refractivity contribution in [1.82, 2.24) is 0 Å². The summed E-state index contributed by atoms with van der Waals surface area (Å²) in [6.45, 7) is 6.45. The predicted molar refractivity (Wildman–Crippen MR) is 54.9 cm³/mol. The van der Waals surface area contributed by atoms with Gasteiger partial charge in [0.1, 0.15) is 0 Å². The zero-order valence-electron chi connectivity index (χ0n) is 8.52. The Morgan fingerprint density at radius 2 is 1.33 bits per heavy atom. The predicted octanol–water partition coefficient (Wildman–Crippen LogP) is 4.21. The van der Waals surface area contributed by atoms with Crippen molar-refractivity contribution in [2.24, 2.45) is 11.8 Å². The molecule has 71 valence electrons. The van der Waals surface area contributed by atoms with E-state index in [1.165, 1.54) is 51.4 Å². The summed E-state index contributed by atoms with van der Waals surface area (Å²) in [4.78, 5) is 0. The van der Waals surface area contributed by atoms with Crippen molar-refractivity contribution in [2.45, 2.75) is 58.3 Å². The van der Waals surface area contributed by atoms with E-state index < -0.39 is 0 Å². The Bertz CT molecular complexity index is 94.6. The Kier molecular flexibility index (Phi) is 4.72. The van der Waals surface area contributed by atoms with Crippen LogP contribution in [-0.2, 0) is 0 Å². The van der Waals surface area contributed by atoms with Crippen molar-refractivity contribution in [3.05, 3.63) is 6.92 Å². The zero-order valence-corrected chi connectivity index (χ0v) is 8.52. The SMILES string of the molecule is [CH2]C(C)C1CCCCCCCC1. The van der Waals surface area contributed by atoms with E-state index in [4.69, 9.17) is 0 Å². The van der Waals surface area contributed by atoms with Gasteiger partial charge in [0.2, 0.25) is 0 Å². The van der Waals surface area contributed by atoms with Crippen molar-refractivity contribution in [3.8, 4) is 0 Å². The lowest BCUT2D eigenvalue weighted by atomic mass is 9.87. The molecule has 0 saturated heterocycles. The molecule has 0 aromatic heterocycles. The van der Waals surface area contributed by atoms with Crippen LogP contribution in [0.3, 0.4) is 0 Å². The average Bonchev–Trinajstić information content (AvgIpc) is 2.15. The molecule has 1 aliphatic carbocycles. The molecule has 0 aliphatic heterocycles. The van der Waals surface area contributed by atoms with Gasteiger partial charge in [0, 0.05) is 0 Å². The summed E-state index contributed by atoms with van der Waals surface area (Å²) in [6, 6.07) is 0. The van der Waals surface area contributed by atoms with Gasteiger partial charge in [-0.05, 0) is 11.8 Å². The molecule has 0 heteroatoms. The Morgan fingerprint density at radius 3 is 1.75 bits per heavy atom. The van der Waals surface area contributed by atoms with E-state index in [9.17, 15) is 0 Å². The maximum Gasteiger partial charge on any atom is -0.0388 e. The molecule has 1 fully saturated rings. The number of rotatable bonds is 1. The average molecular weight is 167 g/mol. The van der Waals surface area contributed by atoms with E-state index >= 15 is 0 Å². The molecular weight excluding hydrogens is 144 g/mol. The lowest BCUT2D eigenvalue weighted by Gasteiger charge is -2.19. The van der Waals surface area contributed by atoms with E-state index in [0.717, 1.165) is 5.92 Å². The van der Waals surface area contributed by atoms with Gasteiger partial charge in [0.15, 0.2) is 0 Å². The molecule has 1 saturated carbocycles. The lowest BCUT2D eigenvalue weighted by Crippen LogP contribution is -2.08. The fraction of sp³-hybridized carbons (Fsp3) is 0.917. The summed E-state index contributed by atoms with van der Waals surface area (Å²) >= 11 is 0. The van der Waals surface area contributed by atoms with Crippen LogP contribution >= 0.6 is 0 Å². The fourth-order valence-corrected chi connectivity index (χ4v) is 2.23. The van der Waals surface area contributed by atoms with Crippen molar-refractivity contribution in [2.75, 3.05) is 0 Å². The van der Waals surface area contributed by atoms with Gasteiger partial charge in [0.25, 0.3) is 0 Å². The van der Waals surface area contributed by atoms with E-state index in [1.54, 1.807) is 0 Å². The first-order chi connectivity index (χ1) is 5.80. The molecule has 0 aromatic carbocycles. The third kappa shape index (κ3) is 3.60. The zero-order chi connectivity index (χ0) is 8.81. The minimum absolute atomic E-state index is 0.670. The van der Waals surface area contributed by atoms with Crippen LogP contribution < -0.4 is 0 Å². The minimum Gasteiger partial charge on any atom is -0.0622 e. The van der Waals surface area contributed by atoms with Crippen LogP contribution in [0.4, 0.5) is 0 Å². The first-order valence-electron chi connectivity index (χ1n) is 5.64. The Balaban J connectivity index is 2.28. The highest BCUT2D eigenvalue weighted by molar-refractivity contribution is 4.69. The maximum atomic E-state index is 4.17. The molecule has 1 unspecified atom stereocenters. The van der Waals surface area contributed by atoms with Crippen LogP contribution in [0.2, 0.25) is 0 Å². The summed E-state index contributed by atoms with van der Waals surface area (Å²) in [6.07, 6.45) is 11.6. The number of hydrogen-bond acceptors (Lipinski definition) is 0. The van der Waals surface area contributed by atoms with Gasteiger partial charge in [0.05, 0.1) is 0 Å². The Labute approximate surface area is 77.7 Å². The number of hydrogen-bond donors (Lipinski definition) is 0. The summed E-state index contributed by atoms with van der Waals surface area (Å²) in [5.41, 5.74) is 0. The van der Waals surface area contributed by atoms with E-state index in [0.29, 0.717) is 5.92 Å². The van der Waals surface area contributed by atoms with Gasteiger partial charge >= 0.3 is 0 Å². The standard InChI is InChI=1S/C12H23/c1-11(2)12-9-7-5-3-4-6-8-10-12/h11-12H,1,3-10H2,2H3. The van der Waals surface area contributed by atoms with Crippen molar-refractivity contribution in [1.29, 1.82) is 0 Å². The van der Waals surface area contributed by atoms with Crippen LogP contribution in [0.15, 0.2) is 0 Å².